The first-order valence-electron chi connectivity index (χ1n) is 12.4. The highest BCUT2D eigenvalue weighted by atomic mass is 32.2. The van der Waals surface area contributed by atoms with Gasteiger partial charge in [-0.15, -0.1) is 0 Å². The molecule has 4 rings (SSSR count). The van der Waals surface area contributed by atoms with Gasteiger partial charge < -0.3 is 10.6 Å². The predicted molar refractivity (Wildman–Crippen MR) is 156 cm³/mol. The molecule has 0 heterocycles. The first-order valence-corrected chi connectivity index (χ1v) is 13.9. The second kappa shape index (κ2) is 11.1. The van der Waals surface area contributed by atoms with Crippen molar-refractivity contribution in [2.24, 2.45) is 0 Å². The van der Waals surface area contributed by atoms with Crippen LogP contribution >= 0.6 is 0 Å². The molecule has 0 aliphatic rings. The molecule has 0 aliphatic carbocycles. The third-order valence-corrected chi connectivity index (χ3v) is 7.65. The second-order valence-electron chi connectivity index (χ2n) is 10.2. The minimum absolute atomic E-state index is 0.00830. The summed E-state index contributed by atoms with van der Waals surface area (Å²) in [6, 6.07) is 27.2. The van der Waals surface area contributed by atoms with E-state index in [0.717, 1.165) is 5.56 Å². The Balaban J connectivity index is 1.47. The van der Waals surface area contributed by atoms with Crippen LogP contribution in [0.15, 0.2) is 102 Å². The number of anilines is 3. The van der Waals surface area contributed by atoms with Gasteiger partial charge in [-0.3, -0.25) is 14.3 Å². The fourth-order valence-electron chi connectivity index (χ4n) is 3.99. The lowest BCUT2D eigenvalue weighted by molar-refractivity contribution is 0.101. The number of rotatable bonds is 7. The monoisotopic (exact) mass is 541 g/mol. The molecule has 0 fully saturated rings. The molecule has 0 radical (unpaired) electrons. The maximum Gasteiger partial charge on any atom is 0.261 e. The van der Waals surface area contributed by atoms with Gasteiger partial charge in [-0.2, -0.15) is 0 Å². The average molecular weight is 542 g/mol. The molecule has 0 aromatic heterocycles. The molecule has 0 aliphatic heterocycles. The Morgan fingerprint density at radius 3 is 1.90 bits per heavy atom. The summed E-state index contributed by atoms with van der Waals surface area (Å²) in [6.07, 6.45) is 0. The zero-order valence-corrected chi connectivity index (χ0v) is 23.1. The quantitative estimate of drug-likeness (QED) is 0.245. The van der Waals surface area contributed by atoms with E-state index in [4.69, 9.17) is 0 Å². The number of hydrogen-bond donors (Lipinski definition) is 3. The molecule has 7 nitrogen and oxygen atoms in total. The number of carbonyl (C=O) groups is 2. The van der Waals surface area contributed by atoms with Gasteiger partial charge in [0.05, 0.1) is 10.6 Å². The SMILES string of the molecule is Cc1c(NS(=O)(=O)c2ccccc2)cccc1C(=O)Nc1cccc(NC(=O)c2ccc(C(C)(C)C)cc2)c1. The van der Waals surface area contributed by atoms with Gasteiger partial charge in [0.15, 0.2) is 0 Å². The van der Waals surface area contributed by atoms with Crippen molar-refractivity contribution in [2.45, 2.75) is 38.0 Å². The Hall–Kier alpha value is -4.43. The minimum Gasteiger partial charge on any atom is -0.322 e. The van der Waals surface area contributed by atoms with Crippen LogP contribution < -0.4 is 15.4 Å². The lowest BCUT2D eigenvalue weighted by Crippen LogP contribution is -2.17. The zero-order chi connectivity index (χ0) is 28.2. The molecule has 0 unspecified atom stereocenters. The van der Waals surface area contributed by atoms with Gasteiger partial charge in [0.25, 0.3) is 21.8 Å². The van der Waals surface area contributed by atoms with E-state index in [0.29, 0.717) is 33.8 Å². The van der Waals surface area contributed by atoms with Crippen molar-refractivity contribution in [3.63, 3.8) is 0 Å². The molecule has 0 saturated heterocycles. The van der Waals surface area contributed by atoms with Gasteiger partial charge in [-0.1, -0.05) is 63.2 Å². The molecule has 200 valence electrons. The summed E-state index contributed by atoms with van der Waals surface area (Å²) in [5.41, 5.74) is 3.78. The van der Waals surface area contributed by atoms with Gasteiger partial charge in [0.2, 0.25) is 0 Å². The fraction of sp³-hybridized carbons (Fsp3) is 0.161. The van der Waals surface area contributed by atoms with E-state index in [9.17, 15) is 18.0 Å². The van der Waals surface area contributed by atoms with E-state index < -0.39 is 15.9 Å². The van der Waals surface area contributed by atoms with Gasteiger partial charge >= 0.3 is 0 Å². The van der Waals surface area contributed by atoms with Gasteiger partial charge in [0, 0.05) is 22.5 Å². The van der Waals surface area contributed by atoms with Crippen molar-refractivity contribution in [1.29, 1.82) is 0 Å². The molecule has 4 aromatic rings. The first-order chi connectivity index (χ1) is 18.4. The summed E-state index contributed by atoms with van der Waals surface area (Å²) in [6.45, 7) is 8.02. The third-order valence-electron chi connectivity index (χ3n) is 6.27. The molecule has 4 aromatic carbocycles. The summed E-state index contributed by atoms with van der Waals surface area (Å²) in [5.74, 6) is -0.664. The zero-order valence-electron chi connectivity index (χ0n) is 22.3. The van der Waals surface area contributed by atoms with E-state index in [1.807, 2.05) is 12.1 Å². The summed E-state index contributed by atoms with van der Waals surface area (Å²) in [4.78, 5) is 26.0. The maximum atomic E-state index is 13.1. The van der Waals surface area contributed by atoms with Crippen molar-refractivity contribution in [3.8, 4) is 0 Å². The molecule has 8 heteroatoms. The Kier molecular flexibility index (Phi) is 7.88. The van der Waals surface area contributed by atoms with E-state index >= 15 is 0 Å². The Bertz CT molecular complexity index is 1610. The van der Waals surface area contributed by atoms with E-state index in [2.05, 4.69) is 36.1 Å². The largest absolute Gasteiger partial charge is 0.322 e. The molecule has 2 amide bonds. The van der Waals surface area contributed by atoms with Crippen LogP contribution in [0.3, 0.4) is 0 Å². The molecule has 0 spiro atoms. The topological polar surface area (TPSA) is 104 Å². The van der Waals surface area contributed by atoms with Crippen LogP contribution in [0.1, 0.15) is 52.6 Å². The molecular weight excluding hydrogens is 510 g/mol. The minimum atomic E-state index is -3.81. The van der Waals surface area contributed by atoms with Crippen LogP contribution in [-0.2, 0) is 15.4 Å². The highest BCUT2D eigenvalue weighted by molar-refractivity contribution is 7.92. The lowest BCUT2D eigenvalue weighted by Gasteiger charge is -2.19. The lowest BCUT2D eigenvalue weighted by atomic mass is 9.87. The van der Waals surface area contributed by atoms with Crippen LogP contribution in [0.2, 0.25) is 0 Å². The highest BCUT2D eigenvalue weighted by Crippen LogP contribution is 2.25. The van der Waals surface area contributed by atoms with Gasteiger partial charge in [0.1, 0.15) is 0 Å². The van der Waals surface area contributed by atoms with Crippen molar-refractivity contribution in [2.75, 3.05) is 15.4 Å². The molecule has 0 bridgehead atoms. The number of sulfonamides is 1. The number of carbonyl (C=O) groups excluding carboxylic acids is 2. The van der Waals surface area contributed by atoms with Crippen LogP contribution in [0.25, 0.3) is 0 Å². The van der Waals surface area contributed by atoms with Gasteiger partial charge in [-0.25, -0.2) is 8.42 Å². The van der Waals surface area contributed by atoms with Crippen LogP contribution in [0.5, 0.6) is 0 Å². The normalized spacial score (nSPS) is 11.5. The maximum absolute atomic E-state index is 13.1. The smallest absolute Gasteiger partial charge is 0.261 e. The summed E-state index contributed by atoms with van der Waals surface area (Å²) < 4.78 is 28.1. The van der Waals surface area contributed by atoms with Crippen molar-refractivity contribution in [1.82, 2.24) is 0 Å². The van der Waals surface area contributed by atoms with Crippen LogP contribution in [0.4, 0.5) is 17.1 Å². The first kappa shape index (κ1) is 27.6. The average Bonchev–Trinajstić information content (AvgIpc) is 2.90. The number of benzene rings is 4. The van der Waals surface area contributed by atoms with Crippen molar-refractivity contribution in [3.05, 3.63) is 119 Å². The van der Waals surface area contributed by atoms with E-state index in [1.165, 1.54) is 12.1 Å². The van der Waals surface area contributed by atoms with Gasteiger partial charge in [-0.05, 0) is 78.1 Å². The Morgan fingerprint density at radius 2 is 1.28 bits per heavy atom. The molecule has 0 saturated carbocycles. The molecule has 3 N–H and O–H groups in total. The Labute approximate surface area is 229 Å². The molecular formula is C31H31N3O4S. The predicted octanol–water partition coefficient (Wildman–Crippen LogP) is 6.60. The second-order valence-corrected chi connectivity index (χ2v) is 11.9. The van der Waals surface area contributed by atoms with E-state index in [1.54, 1.807) is 79.7 Å². The Morgan fingerprint density at radius 1 is 0.692 bits per heavy atom. The fourth-order valence-corrected chi connectivity index (χ4v) is 5.14. The highest BCUT2D eigenvalue weighted by Gasteiger charge is 2.18. The molecule has 0 atom stereocenters. The third kappa shape index (κ3) is 6.72. The number of amides is 2. The standard InChI is InChI=1S/C31H31N3O4S/c1-21-27(14-9-15-28(21)34-39(37,38)26-12-6-5-7-13-26)30(36)33-25-11-8-10-24(20-25)32-29(35)22-16-18-23(19-17-22)31(2,3)4/h5-20,34H,1-4H3,(H,32,35)(H,33,36). The van der Waals surface area contributed by atoms with Crippen molar-refractivity contribution < 1.29 is 18.0 Å². The summed E-state index contributed by atoms with van der Waals surface area (Å²) in [5, 5.41) is 5.70. The van der Waals surface area contributed by atoms with E-state index in [-0.39, 0.29) is 16.2 Å². The summed E-state index contributed by atoms with van der Waals surface area (Å²) >= 11 is 0. The molecule has 39 heavy (non-hydrogen) atoms. The van der Waals surface area contributed by atoms with Crippen LogP contribution in [-0.4, -0.2) is 20.2 Å². The number of nitrogens with one attached hydrogen (secondary N) is 3. The number of hydrogen-bond acceptors (Lipinski definition) is 4. The summed E-state index contributed by atoms with van der Waals surface area (Å²) in [7, 11) is -3.81. The van der Waals surface area contributed by atoms with Crippen LogP contribution in [0, 0.1) is 6.92 Å². The van der Waals surface area contributed by atoms with Crippen molar-refractivity contribution >= 4 is 38.9 Å².